The first-order chi connectivity index (χ1) is 9.59. The fourth-order valence-corrected chi connectivity index (χ4v) is 6.02. The number of aliphatic hydroxyl groups is 1. The number of carbonyl (C=O) groups is 1. The van der Waals surface area contributed by atoms with Crippen molar-refractivity contribution >= 4 is 5.78 Å². The molecule has 0 amide bonds. The topological polar surface area (TPSA) is 37.3 Å². The van der Waals surface area contributed by atoms with Gasteiger partial charge in [-0.05, 0) is 68.6 Å². The Hall–Kier alpha value is -0.630. The quantitative estimate of drug-likeness (QED) is 0.687. The Balaban J connectivity index is 1.64. The largest absolute Gasteiger partial charge is 0.393 e. The Morgan fingerprint density at radius 1 is 1.20 bits per heavy atom. The van der Waals surface area contributed by atoms with Gasteiger partial charge >= 0.3 is 0 Å². The van der Waals surface area contributed by atoms with Crippen LogP contribution in [0.1, 0.15) is 58.3 Å². The fourth-order valence-electron chi connectivity index (χ4n) is 6.02. The van der Waals surface area contributed by atoms with E-state index >= 15 is 0 Å². The molecule has 0 spiro atoms. The summed E-state index contributed by atoms with van der Waals surface area (Å²) in [6.45, 7) is 2.24. The van der Waals surface area contributed by atoms with Crippen molar-refractivity contribution in [3.05, 3.63) is 11.6 Å². The van der Waals surface area contributed by atoms with Crippen molar-refractivity contribution in [3.63, 3.8) is 0 Å². The summed E-state index contributed by atoms with van der Waals surface area (Å²) in [7, 11) is 0. The molecule has 0 heterocycles. The van der Waals surface area contributed by atoms with E-state index in [1.807, 2.05) is 0 Å². The van der Waals surface area contributed by atoms with E-state index in [9.17, 15) is 9.90 Å². The molecular formula is C18H26O2. The molecule has 20 heavy (non-hydrogen) atoms. The van der Waals surface area contributed by atoms with Crippen LogP contribution in [0, 0.1) is 29.1 Å². The van der Waals surface area contributed by atoms with Gasteiger partial charge in [0.15, 0.2) is 0 Å². The van der Waals surface area contributed by atoms with Crippen LogP contribution in [-0.4, -0.2) is 17.0 Å². The third kappa shape index (κ3) is 1.70. The highest BCUT2D eigenvalue weighted by Crippen LogP contribution is 2.60. The molecule has 3 fully saturated rings. The Morgan fingerprint density at radius 3 is 2.90 bits per heavy atom. The lowest BCUT2D eigenvalue weighted by atomic mass is 9.53. The molecule has 0 radical (unpaired) electrons. The van der Waals surface area contributed by atoms with Gasteiger partial charge in [0.25, 0.3) is 0 Å². The molecule has 4 aliphatic carbocycles. The number of allylic oxidation sites excluding steroid dienone is 1. The second-order valence-electron chi connectivity index (χ2n) is 7.91. The third-order valence-electron chi connectivity index (χ3n) is 7.13. The van der Waals surface area contributed by atoms with Crippen LogP contribution in [-0.2, 0) is 4.79 Å². The van der Waals surface area contributed by atoms with Crippen LogP contribution >= 0.6 is 0 Å². The molecule has 4 aliphatic rings. The lowest BCUT2D eigenvalue weighted by molar-refractivity contribution is -0.130. The van der Waals surface area contributed by atoms with E-state index < -0.39 is 0 Å². The predicted molar refractivity (Wildman–Crippen MR) is 78.1 cm³/mol. The van der Waals surface area contributed by atoms with Gasteiger partial charge in [-0.3, -0.25) is 4.79 Å². The summed E-state index contributed by atoms with van der Waals surface area (Å²) >= 11 is 0. The van der Waals surface area contributed by atoms with Crippen molar-refractivity contribution in [2.75, 3.05) is 0 Å². The van der Waals surface area contributed by atoms with Gasteiger partial charge < -0.3 is 5.11 Å². The fraction of sp³-hybridized carbons (Fsp3) is 0.833. The standard InChI is InChI=1S/C18H26O2/c1-18-9-8-14-13-5-3-12(19)10-11(13)2-4-15(14)16(18)6-7-17(18)20/h2,12-16,19H,3-10H2,1H3/t12-,13+,14-,15-,16+,18+/m1/s1. The minimum absolute atomic E-state index is 0.000685. The zero-order valence-electron chi connectivity index (χ0n) is 12.5. The molecule has 0 saturated heterocycles. The number of ketones is 1. The summed E-state index contributed by atoms with van der Waals surface area (Å²) < 4.78 is 0. The minimum Gasteiger partial charge on any atom is -0.393 e. The Bertz CT molecular complexity index is 466. The average Bonchev–Trinajstić information content (AvgIpc) is 2.74. The Labute approximate surface area is 121 Å². The summed E-state index contributed by atoms with van der Waals surface area (Å²) in [5.74, 6) is 3.43. The van der Waals surface area contributed by atoms with Gasteiger partial charge in [-0.25, -0.2) is 0 Å². The first-order valence-electron chi connectivity index (χ1n) is 8.50. The van der Waals surface area contributed by atoms with Crippen LogP contribution in [0.2, 0.25) is 0 Å². The van der Waals surface area contributed by atoms with Crippen molar-refractivity contribution in [2.24, 2.45) is 29.1 Å². The van der Waals surface area contributed by atoms with Gasteiger partial charge in [-0.2, -0.15) is 0 Å². The van der Waals surface area contributed by atoms with E-state index in [0.29, 0.717) is 11.7 Å². The van der Waals surface area contributed by atoms with E-state index in [1.54, 1.807) is 0 Å². The first-order valence-corrected chi connectivity index (χ1v) is 8.50. The highest BCUT2D eigenvalue weighted by atomic mass is 16.3. The molecule has 110 valence electrons. The van der Waals surface area contributed by atoms with Gasteiger partial charge in [0.1, 0.15) is 5.78 Å². The molecule has 0 aromatic heterocycles. The molecule has 0 bridgehead atoms. The number of aliphatic hydroxyl groups excluding tert-OH is 1. The maximum atomic E-state index is 12.3. The van der Waals surface area contributed by atoms with Crippen molar-refractivity contribution in [1.82, 2.24) is 0 Å². The summed E-state index contributed by atoms with van der Waals surface area (Å²) in [5, 5.41) is 9.88. The molecule has 0 aromatic rings. The number of carbonyl (C=O) groups excluding carboxylic acids is 1. The van der Waals surface area contributed by atoms with Gasteiger partial charge in [-0.15, -0.1) is 0 Å². The monoisotopic (exact) mass is 274 g/mol. The highest BCUT2D eigenvalue weighted by Gasteiger charge is 2.55. The van der Waals surface area contributed by atoms with Crippen LogP contribution in [0.15, 0.2) is 11.6 Å². The summed E-state index contributed by atoms with van der Waals surface area (Å²) in [4.78, 5) is 12.3. The van der Waals surface area contributed by atoms with E-state index in [-0.39, 0.29) is 11.5 Å². The zero-order valence-corrected chi connectivity index (χ0v) is 12.5. The number of hydrogen-bond acceptors (Lipinski definition) is 2. The third-order valence-corrected chi connectivity index (χ3v) is 7.13. The second kappa shape index (κ2) is 4.43. The molecule has 6 atom stereocenters. The molecule has 3 saturated carbocycles. The van der Waals surface area contributed by atoms with E-state index in [2.05, 4.69) is 13.0 Å². The molecule has 0 aliphatic heterocycles. The zero-order chi connectivity index (χ0) is 13.9. The van der Waals surface area contributed by atoms with Crippen molar-refractivity contribution < 1.29 is 9.90 Å². The molecule has 2 nitrogen and oxygen atoms in total. The van der Waals surface area contributed by atoms with Crippen LogP contribution < -0.4 is 0 Å². The lowest BCUT2D eigenvalue weighted by Crippen LogP contribution is -2.46. The molecule has 2 heteroatoms. The molecule has 1 N–H and O–H groups in total. The van der Waals surface area contributed by atoms with E-state index in [1.165, 1.54) is 18.4 Å². The number of fused-ring (bicyclic) bond motifs is 5. The number of rotatable bonds is 0. The van der Waals surface area contributed by atoms with Crippen LogP contribution in [0.25, 0.3) is 0 Å². The van der Waals surface area contributed by atoms with Crippen LogP contribution in [0.4, 0.5) is 0 Å². The second-order valence-corrected chi connectivity index (χ2v) is 7.91. The molecular weight excluding hydrogens is 248 g/mol. The maximum Gasteiger partial charge on any atom is 0.139 e. The first kappa shape index (κ1) is 13.1. The van der Waals surface area contributed by atoms with Crippen LogP contribution in [0.3, 0.4) is 0 Å². The van der Waals surface area contributed by atoms with E-state index in [4.69, 9.17) is 0 Å². The molecule has 4 rings (SSSR count). The maximum absolute atomic E-state index is 12.3. The number of hydrogen-bond donors (Lipinski definition) is 1. The summed E-state index contributed by atoms with van der Waals surface area (Å²) in [6, 6.07) is 0. The summed E-state index contributed by atoms with van der Waals surface area (Å²) in [5.41, 5.74) is 1.54. The summed E-state index contributed by atoms with van der Waals surface area (Å²) in [6.07, 6.45) is 10.9. The van der Waals surface area contributed by atoms with Crippen molar-refractivity contribution in [1.29, 1.82) is 0 Å². The number of Topliss-reactive ketones (excluding diaryl/α,β-unsaturated/α-hetero) is 1. The average molecular weight is 274 g/mol. The molecule has 0 unspecified atom stereocenters. The van der Waals surface area contributed by atoms with Crippen molar-refractivity contribution in [2.45, 2.75) is 64.4 Å². The van der Waals surface area contributed by atoms with Gasteiger partial charge in [0.05, 0.1) is 6.10 Å². The van der Waals surface area contributed by atoms with Gasteiger partial charge in [0.2, 0.25) is 0 Å². The van der Waals surface area contributed by atoms with Gasteiger partial charge in [0, 0.05) is 11.8 Å². The predicted octanol–water partition coefficient (Wildman–Crippen LogP) is 3.49. The SMILES string of the molecule is C[C@]12CC[C@H]3[C@@H](CC=C4C[C@H](O)CC[C@@H]43)[C@@H]1CCC2=O. The smallest absolute Gasteiger partial charge is 0.139 e. The van der Waals surface area contributed by atoms with Crippen molar-refractivity contribution in [3.8, 4) is 0 Å². The molecule has 0 aromatic carbocycles. The Kier molecular flexibility index (Phi) is 2.89. The Morgan fingerprint density at radius 2 is 2.05 bits per heavy atom. The lowest BCUT2D eigenvalue weighted by Gasteiger charge is -2.51. The van der Waals surface area contributed by atoms with Gasteiger partial charge in [-0.1, -0.05) is 18.6 Å². The highest BCUT2D eigenvalue weighted by molar-refractivity contribution is 5.87. The van der Waals surface area contributed by atoms with Crippen LogP contribution in [0.5, 0.6) is 0 Å². The minimum atomic E-state index is -0.101. The van der Waals surface area contributed by atoms with E-state index in [0.717, 1.165) is 56.3 Å². The normalized spacial score (nSPS) is 51.0.